The Labute approximate surface area is 210 Å². The molecular formula is C30H20O3S2. The van der Waals surface area contributed by atoms with Crippen LogP contribution in [-0.4, -0.2) is 10.2 Å². The fraction of sp³-hybridized carbons (Fsp3) is 0.0667. The second-order valence-corrected chi connectivity index (χ2v) is 10.9. The average molecular weight is 493 g/mol. The number of ether oxygens (including phenoxy) is 1. The number of hydrogen-bond acceptors (Lipinski definition) is 5. The molecule has 4 aromatic carbocycles. The molecule has 0 saturated carbocycles. The number of fused-ring (bicyclic) bond motifs is 6. The lowest BCUT2D eigenvalue weighted by molar-refractivity contribution is 0.282. The van der Waals surface area contributed by atoms with Gasteiger partial charge < -0.3 is 14.9 Å². The number of benzene rings is 4. The zero-order chi connectivity index (χ0) is 23.5. The second-order valence-electron chi connectivity index (χ2n) is 8.79. The van der Waals surface area contributed by atoms with Gasteiger partial charge in [-0.15, -0.1) is 22.7 Å². The van der Waals surface area contributed by atoms with Crippen molar-refractivity contribution >= 4 is 44.2 Å². The molecule has 2 N–H and O–H groups in total. The van der Waals surface area contributed by atoms with E-state index in [0.29, 0.717) is 0 Å². The van der Waals surface area contributed by atoms with Gasteiger partial charge in [-0.1, -0.05) is 36.4 Å². The summed E-state index contributed by atoms with van der Waals surface area (Å²) in [6, 6.07) is 28.5. The van der Waals surface area contributed by atoms with Crippen molar-refractivity contribution in [2.24, 2.45) is 0 Å². The first-order valence-corrected chi connectivity index (χ1v) is 13.1. The molecule has 0 saturated heterocycles. The van der Waals surface area contributed by atoms with E-state index in [1.165, 1.54) is 14.6 Å². The molecule has 5 heteroatoms. The van der Waals surface area contributed by atoms with Crippen LogP contribution in [0, 0.1) is 0 Å². The van der Waals surface area contributed by atoms with Crippen molar-refractivity contribution in [3.8, 4) is 27.0 Å². The Balaban J connectivity index is 1.57. The molecule has 170 valence electrons. The van der Waals surface area contributed by atoms with Gasteiger partial charge in [0.15, 0.2) is 0 Å². The summed E-state index contributed by atoms with van der Waals surface area (Å²) in [7, 11) is 0. The fourth-order valence-corrected chi connectivity index (χ4v) is 7.12. The van der Waals surface area contributed by atoms with Crippen molar-refractivity contribution in [3.05, 3.63) is 112 Å². The molecule has 0 spiro atoms. The van der Waals surface area contributed by atoms with E-state index in [-0.39, 0.29) is 18.3 Å². The lowest BCUT2D eigenvalue weighted by Crippen LogP contribution is -2.12. The van der Waals surface area contributed by atoms with Crippen LogP contribution in [0.1, 0.15) is 27.5 Å². The SMILES string of the molecule is OCc1ccc2ccc3c(c2c1)C(c1ccc(-c2cccs2)s1)c1c(ccc2ccc(O)cc12)O3. The number of aliphatic hydroxyl groups excluding tert-OH is 1. The molecule has 3 nitrogen and oxygen atoms in total. The normalized spacial score (nSPS) is 14.6. The Hall–Kier alpha value is -3.64. The largest absolute Gasteiger partial charge is 0.508 e. The van der Waals surface area contributed by atoms with Crippen LogP contribution in [0.4, 0.5) is 0 Å². The first-order chi connectivity index (χ1) is 17.2. The Morgan fingerprint density at radius 3 is 2.17 bits per heavy atom. The van der Waals surface area contributed by atoms with Crippen LogP contribution in [0.25, 0.3) is 31.3 Å². The molecule has 2 aromatic heterocycles. The molecule has 0 radical (unpaired) electrons. The Morgan fingerprint density at radius 1 is 0.743 bits per heavy atom. The lowest BCUT2D eigenvalue weighted by atomic mass is 9.81. The first-order valence-electron chi connectivity index (χ1n) is 11.4. The molecule has 0 bridgehead atoms. The van der Waals surface area contributed by atoms with Crippen molar-refractivity contribution in [1.82, 2.24) is 0 Å². The zero-order valence-corrected chi connectivity index (χ0v) is 20.2. The van der Waals surface area contributed by atoms with Gasteiger partial charge in [0.25, 0.3) is 0 Å². The highest BCUT2D eigenvalue weighted by molar-refractivity contribution is 7.21. The van der Waals surface area contributed by atoms with Gasteiger partial charge in [-0.25, -0.2) is 0 Å². The van der Waals surface area contributed by atoms with Crippen LogP contribution >= 0.6 is 22.7 Å². The summed E-state index contributed by atoms with van der Waals surface area (Å²) in [5.41, 5.74) is 3.03. The third kappa shape index (κ3) is 3.27. The van der Waals surface area contributed by atoms with Crippen molar-refractivity contribution in [1.29, 1.82) is 0 Å². The number of rotatable bonds is 3. The number of hydrogen-bond donors (Lipinski definition) is 2. The molecule has 6 aromatic rings. The smallest absolute Gasteiger partial charge is 0.132 e. The predicted molar refractivity (Wildman–Crippen MR) is 144 cm³/mol. The minimum absolute atomic E-state index is 0.0138. The van der Waals surface area contributed by atoms with Gasteiger partial charge in [-0.3, -0.25) is 0 Å². The van der Waals surface area contributed by atoms with Crippen LogP contribution in [0.2, 0.25) is 0 Å². The molecule has 0 aliphatic carbocycles. The van der Waals surface area contributed by atoms with Gasteiger partial charge >= 0.3 is 0 Å². The summed E-state index contributed by atoms with van der Waals surface area (Å²) in [6.07, 6.45) is 0. The van der Waals surface area contributed by atoms with Gasteiger partial charge in [0.05, 0.1) is 12.5 Å². The lowest BCUT2D eigenvalue weighted by Gasteiger charge is -2.30. The van der Waals surface area contributed by atoms with E-state index in [0.717, 1.165) is 49.7 Å². The van der Waals surface area contributed by atoms with E-state index in [1.54, 1.807) is 28.7 Å². The highest BCUT2D eigenvalue weighted by Gasteiger charge is 2.33. The van der Waals surface area contributed by atoms with Gasteiger partial charge in [0, 0.05) is 25.8 Å². The maximum Gasteiger partial charge on any atom is 0.132 e. The molecule has 1 aliphatic heterocycles. The first kappa shape index (κ1) is 20.7. The second kappa shape index (κ2) is 7.95. The molecule has 1 atom stereocenters. The van der Waals surface area contributed by atoms with E-state index in [9.17, 15) is 10.2 Å². The summed E-state index contributed by atoms with van der Waals surface area (Å²) in [5.74, 6) is 1.80. The molecule has 1 unspecified atom stereocenters. The highest BCUT2D eigenvalue weighted by atomic mass is 32.1. The van der Waals surface area contributed by atoms with E-state index in [4.69, 9.17) is 4.74 Å². The van der Waals surface area contributed by atoms with Crippen molar-refractivity contribution < 1.29 is 14.9 Å². The summed E-state index contributed by atoms with van der Waals surface area (Å²) >= 11 is 3.54. The van der Waals surface area contributed by atoms with Crippen LogP contribution in [0.15, 0.2) is 90.3 Å². The third-order valence-electron chi connectivity index (χ3n) is 6.75. The van der Waals surface area contributed by atoms with Crippen LogP contribution in [0.5, 0.6) is 17.2 Å². The molecule has 0 fully saturated rings. The molecule has 1 aliphatic rings. The monoisotopic (exact) mass is 492 g/mol. The zero-order valence-electron chi connectivity index (χ0n) is 18.6. The van der Waals surface area contributed by atoms with Crippen molar-refractivity contribution in [3.63, 3.8) is 0 Å². The summed E-state index contributed by atoms with van der Waals surface area (Å²) < 4.78 is 6.50. The van der Waals surface area contributed by atoms with Crippen LogP contribution < -0.4 is 4.74 Å². The maximum atomic E-state index is 10.4. The van der Waals surface area contributed by atoms with E-state index >= 15 is 0 Å². The number of aliphatic hydroxyl groups is 1. The number of aromatic hydroxyl groups is 1. The highest BCUT2D eigenvalue weighted by Crippen LogP contribution is 2.54. The summed E-state index contributed by atoms with van der Waals surface area (Å²) in [5, 5.41) is 26.6. The predicted octanol–water partition coefficient (Wildman–Crippen LogP) is 8.27. The van der Waals surface area contributed by atoms with E-state index < -0.39 is 0 Å². The van der Waals surface area contributed by atoms with Crippen LogP contribution in [0.3, 0.4) is 0 Å². The van der Waals surface area contributed by atoms with Gasteiger partial charge in [0.2, 0.25) is 0 Å². The third-order valence-corrected chi connectivity index (χ3v) is 8.97. The van der Waals surface area contributed by atoms with E-state index in [2.05, 4.69) is 47.8 Å². The minimum atomic E-state index is -0.0735. The van der Waals surface area contributed by atoms with Gasteiger partial charge in [-0.05, 0) is 81.0 Å². The molecule has 0 amide bonds. The Kier molecular flexibility index (Phi) is 4.71. The minimum Gasteiger partial charge on any atom is -0.508 e. The molecular weight excluding hydrogens is 472 g/mol. The van der Waals surface area contributed by atoms with E-state index in [1.807, 2.05) is 36.4 Å². The van der Waals surface area contributed by atoms with Crippen molar-refractivity contribution in [2.45, 2.75) is 12.5 Å². The van der Waals surface area contributed by atoms with Crippen LogP contribution in [-0.2, 0) is 6.61 Å². The topological polar surface area (TPSA) is 49.7 Å². The van der Waals surface area contributed by atoms with Gasteiger partial charge in [-0.2, -0.15) is 0 Å². The standard InChI is InChI=1S/C30H20O3S2/c31-16-17-3-4-18-6-9-23-28(21(18)14-17)30(27-12-11-26(35-27)25-2-1-13-34-25)29-22-15-20(32)8-5-19(22)7-10-24(29)33-23/h1-15,30-32H,16H2. The van der Waals surface area contributed by atoms with Crippen molar-refractivity contribution in [2.75, 3.05) is 0 Å². The maximum absolute atomic E-state index is 10.4. The Bertz CT molecular complexity index is 1730. The molecule has 7 rings (SSSR count). The number of thiophene rings is 2. The summed E-state index contributed by atoms with van der Waals surface area (Å²) in [6.45, 7) is -0.0138. The average Bonchev–Trinajstić information content (AvgIpc) is 3.59. The number of phenols is 1. The number of phenolic OH excluding ortho intramolecular Hbond substituents is 1. The Morgan fingerprint density at radius 2 is 1.46 bits per heavy atom. The fourth-order valence-electron chi connectivity index (χ4n) is 5.16. The van der Waals surface area contributed by atoms with Gasteiger partial charge in [0.1, 0.15) is 17.2 Å². The molecule has 3 heterocycles. The quantitative estimate of drug-likeness (QED) is 0.261. The summed E-state index contributed by atoms with van der Waals surface area (Å²) in [4.78, 5) is 3.71. The molecule has 35 heavy (non-hydrogen) atoms.